The summed E-state index contributed by atoms with van der Waals surface area (Å²) in [5, 5.41) is 6.26. The number of hydrogen-bond donors (Lipinski definition) is 2. The van der Waals surface area contributed by atoms with Gasteiger partial charge in [0.1, 0.15) is 11.6 Å². The van der Waals surface area contributed by atoms with Crippen LogP contribution in [-0.4, -0.2) is 4.98 Å². The van der Waals surface area contributed by atoms with E-state index >= 15 is 0 Å². The Balaban J connectivity index is 2.24. The lowest BCUT2D eigenvalue weighted by atomic mass is 10.1. The molecule has 0 radical (unpaired) electrons. The number of aromatic nitrogens is 1. The summed E-state index contributed by atoms with van der Waals surface area (Å²) in [6, 6.07) is 5.95. The molecule has 102 valence electrons. The van der Waals surface area contributed by atoms with Crippen LogP contribution in [0.5, 0.6) is 0 Å². The van der Waals surface area contributed by atoms with Gasteiger partial charge in [0.25, 0.3) is 0 Å². The standard InChI is InChI=1S/C13H15Cl2N3S/c1-2-4-10(11-5-3-6-19-11)17-13-9(15)7-8(14)12(16)18-13/h3,5-7,10H,2,4H2,1H3,(H3,16,17,18). The van der Waals surface area contributed by atoms with Crippen LogP contribution in [0, 0.1) is 0 Å². The number of nitrogens with one attached hydrogen (secondary N) is 1. The van der Waals surface area contributed by atoms with Gasteiger partial charge >= 0.3 is 0 Å². The fourth-order valence-corrected chi connectivity index (χ4v) is 3.04. The van der Waals surface area contributed by atoms with Crippen molar-refractivity contribution in [1.82, 2.24) is 4.98 Å². The number of anilines is 2. The molecular formula is C13H15Cl2N3S. The number of nitrogen functional groups attached to an aromatic ring is 1. The summed E-state index contributed by atoms with van der Waals surface area (Å²) in [5.41, 5.74) is 5.72. The molecule has 2 heterocycles. The van der Waals surface area contributed by atoms with Crippen molar-refractivity contribution >= 4 is 46.2 Å². The Kier molecular flexibility index (Phi) is 4.91. The highest BCUT2D eigenvalue weighted by Crippen LogP contribution is 2.32. The van der Waals surface area contributed by atoms with Gasteiger partial charge in [-0.25, -0.2) is 4.98 Å². The van der Waals surface area contributed by atoms with E-state index in [0.717, 1.165) is 12.8 Å². The number of nitrogens with two attached hydrogens (primary N) is 1. The van der Waals surface area contributed by atoms with Gasteiger partial charge in [0.2, 0.25) is 0 Å². The monoisotopic (exact) mass is 315 g/mol. The van der Waals surface area contributed by atoms with E-state index in [2.05, 4.69) is 28.7 Å². The minimum atomic E-state index is 0.190. The van der Waals surface area contributed by atoms with Crippen molar-refractivity contribution in [3.8, 4) is 0 Å². The maximum atomic E-state index is 6.15. The zero-order valence-electron chi connectivity index (χ0n) is 10.5. The van der Waals surface area contributed by atoms with Gasteiger partial charge < -0.3 is 11.1 Å². The smallest absolute Gasteiger partial charge is 0.147 e. The molecule has 2 rings (SSSR count). The third-order valence-corrected chi connectivity index (χ3v) is 4.31. The lowest BCUT2D eigenvalue weighted by Gasteiger charge is -2.18. The minimum Gasteiger partial charge on any atom is -0.382 e. The zero-order chi connectivity index (χ0) is 13.8. The van der Waals surface area contributed by atoms with Crippen LogP contribution in [0.2, 0.25) is 10.0 Å². The molecule has 0 aromatic carbocycles. The molecule has 0 aliphatic heterocycles. The number of pyridine rings is 1. The maximum absolute atomic E-state index is 6.15. The largest absolute Gasteiger partial charge is 0.382 e. The SMILES string of the molecule is CCCC(Nc1nc(N)c(Cl)cc1Cl)c1cccs1. The molecule has 3 nitrogen and oxygen atoms in total. The molecule has 0 aliphatic carbocycles. The summed E-state index contributed by atoms with van der Waals surface area (Å²) in [7, 11) is 0. The highest BCUT2D eigenvalue weighted by Gasteiger charge is 2.15. The first-order valence-corrected chi connectivity index (χ1v) is 7.66. The minimum absolute atomic E-state index is 0.190. The van der Waals surface area contributed by atoms with Gasteiger partial charge in [0, 0.05) is 4.88 Å². The lowest BCUT2D eigenvalue weighted by molar-refractivity contribution is 0.685. The Labute approximate surface area is 126 Å². The fourth-order valence-electron chi connectivity index (χ4n) is 1.81. The second kappa shape index (κ2) is 6.46. The van der Waals surface area contributed by atoms with Gasteiger partial charge in [0.05, 0.1) is 16.1 Å². The van der Waals surface area contributed by atoms with Crippen LogP contribution in [-0.2, 0) is 0 Å². The molecule has 0 fully saturated rings. The molecule has 3 N–H and O–H groups in total. The molecule has 19 heavy (non-hydrogen) atoms. The van der Waals surface area contributed by atoms with Crippen molar-refractivity contribution in [1.29, 1.82) is 0 Å². The number of thiophene rings is 1. The first-order valence-electron chi connectivity index (χ1n) is 6.03. The molecule has 0 saturated carbocycles. The molecular weight excluding hydrogens is 301 g/mol. The summed E-state index contributed by atoms with van der Waals surface area (Å²) < 4.78 is 0. The molecule has 1 unspecified atom stereocenters. The zero-order valence-corrected chi connectivity index (χ0v) is 12.8. The predicted molar refractivity (Wildman–Crippen MR) is 84.3 cm³/mol. The Morgan fingerprint density at radius 2 is 2.21 bits per heavy atom. The molecule has 0 amide bonds. The first kappa shape index (κ1) is 14.4. The van der Waals surface area contributed by atoms with Crippen molar-refractivity contribution in [3.63, 3.8) is 0 Å². The molecule has 2 aromatic rings. The van der Waals surface area contributed by atoms with Crippen molar-refractivity contribution in [3.05, 3.63) is 38.5 Å². The summed E-state index contributed by atoms with van der Waals surface area (Å²) in [4.78, 5) is 5.47. The van der Waals surface area contributed by atoms with Crippen LogP contribution >= 0.6 is 34.5 Å². The van der Waals surface area contributed by atoms with Crippen molar-refractivity contribution in [2.75, 3.05) is 11.1 Å². The molecule has 2 aromatic heterocycles. The molecule has 6 heteroatoms. The lowest BCUT2D eigenvalue weighted by Crippen LogP contribution is -2.11. The summed E-state index contributed by atoms with van der Waals surface area (Å²) in [6.07, 6.45) is 2.07. The molecule has 0 spiro atoms. The average Bonchev–Trinajstić information content (AvgIpc) is 2.89. The number of rotatable bonds is 5. The molecule has 0 saturated heterocycles. The van der Waals surface area contributed by atoms with E-state index in [0.29, 0.717) is 15.9 Å². The van der Waals surface area contributed by atoms with Gasteiger partial charge in [-0.05, 0) is 23.9 Å². The van der Waals surface area contributed by atoms with Crippen LogP contribution in [0.3, 0.4) is 0 Å². The van der Waals surface area contributed by atoms with Crippen LogP contribution < -0.4 is 11.1 Å². The van der Waals surface area contributed by atoms with E-state index in [4.69, 9.17) is 28.9 Å². The van der Waals surface area contributed by atoms with Crippen molar-refractivity contribution in [2.45, 2.75) is 25.8 Å². The highest BCUT2D eigenvalue weighted by atomic mass is 35.5. The molecule has 0 aliphatic rings. The number of nitrogens with zero attached hydrogens (tertiary/aromatic N) is 1. The summed E-state index contributed by atoms with van der Waals surface area (Å²) in [6.45, 7) is 2.15. The first-order chi connectivity index (χ1) is 9.11. The van der Waals surface area contributed by atoms with Gasteiger partial charge in [-0.1, -0.05) is 42.6 Å². The van der Waals surface area contributed by atoms with Gasteiger partial charge in [0.15, 0.2) is 0 Å². The van der Waals surface area contributed by atoms with E-state index < -0.39 is 0 Å². The van der Waals surface area contributed by atoms with Crippen molar-refractivity contribution in [2.24, 2.45) is 0 Å². The third kappa shape index (κ3) is 3.53. The van der Waals surface area contributed by atoms with Crippen LogP contribution in [0.25, 0.3) is 0 Å². The Morgan fingerprint density at radius 3 is 2.84 bits per heavy atom. The number of halogens is 2. The van der Waals surface area contributed by atoms with E-state index in [-0.39, 0.29) is 11.9 Å². The highest BCUT2D eigenvalue weighted by molar-refractivity contribution is 7.10. The summed E-state index contributed by atoms with van der Waals surface area (Å²) >= 11 is 13.7. The Morgan fingerprint density at radius 1 is 1.42 bits per heavy atom. The van der Waals surface area contributed by atoms with E-state index in [1.165, 1.54) is 4.88 Å². The second-order valence-electron chi connectivity index (χ2n) is 4.19. The fraction of sp³-hybridized carbons (Fsp3) is 0.308. The molecule has 0 bridgehead atoms. The second-order valence-corrected chi connectivity index (χ2v) is 5.98. The Bertz CT molecular complexity index is 543. The summed E-state index contributed by atoms with van der Waals surface area (Å²) in [5.74, 6) is 0.866. The third-order valence-electron chi connectivity index (χ3n) is 2.73. The quantitative estimate of drug-likeness (QED) is 0.817. The van der Waals surface area contributed by atoms with Gasteiger partial charge in [-0.15, -0.1) is 11.3 Å². The van der Waals surface area contributed by atoms with Crippen LogP contribution in [0.4, 0.5) is 11.6 Å². The van der Waals surface area contributed by atoms with Crippen molar-refractivity contribution < 1.29 is 0 Å². The normalized spacial score (nSPS) is 12.4. The van der Waals surface area contributed by atoms with E-state index in [1.807, 2.05) is 6.07 Å². The van der Waals surface area contributed by atoms with Crippen LogP contribution in [0.15, 0.2) is 23.6 Å². The van der Waals surface area contributed by atoms with Gasteiger partial charge in [-0.2, -0.15) is 0 Å². The van der Waals surface area contributed by atoms with Crippen LogP contribution in [0.1, 0.15) is 30.7 Å². The van der Waals surface area contributed by atoms with Gasteiger partial charge in [-0.3, -0.25) is 0 Å². The van der Waals surface area contributed by atoms with E-state index in [1.54, 1.807) is 17.4 Å². The Hall–Kier alpha value is -0.970. The average molecular weight is 316 g/mol. The molecule has 1 atom stereocenters. The predicted octanol–water partition coefficient (Wildman–Crippen LogP) is 4.99. The maximum Gasteiger partial charge on any atom is 0.147 e. The number of hydrogen-bond acceptors (Lipinski definition) is 4. The van der Waals surface area contributed by atoms with E-state index in [9.17, 15) is 0 Å². The topological polar surface area (TPSA) is 50.9 Å².